The molecule has 20 heavy (non-hydrogen) atoms. The molecule has 1 saturated carbocycles. The van der Waals surface area contributed by atoms with E-state index in [2.05, 4.69) is 43.1 Å². The summed E-state index contributed by atoms with van der Waals surface area (Å²) in [5.74, 6) is 0.806. The van der Waals surface area contributed by atoms with Crippen LogP contribution in [-0.4, -0.2) is 30.1 Å². The summed E-state index contributed by atoms with van der Waals surface area (Å²) in [5.41, 5.74) is 9.43. The van der Waals surface area contributed by atoms with E-state index < -0.39 is 0 Å². The van der Waals surface area contributed by atoms with Gasteiger partial charge in [0.05, 0.1) is 0 Å². The van der Waals surface area contributed by atoms with E-state index in [4.69, 9.17) is 5.73 Å². The summed E-state index contributed by atoms with van der Waals surface area (Å²) in [7, 11) is 2.32. The average molecular weight is 272 g/mol. The van der Waals surface area contributed by atoms with Crippen molar-refractivity contribution >= 4 is 0 Å². The van der Waals surface area contributed by atoms with Crippen LogP contribution in [0.2, 0.25) is 0 Å². The van der Waals surface area contributed by atoms with Crippen molar-refractivity contribution in [1.82, 2.24) is 4.90 Å². The average Bonchev–Trinajstić information content (AvgIpc) is 2.87. The zero-order valence-corrected chi connectivity index (χ0v) is 12.9. The van der Waals surface area contributed by atoms with E-state index in [9.17, 15) is 0 Å². The van der Waals surface area contributed by atoms with Crippen LogP contribution in [-0.2, 0) is 12.8 Å². The number of hydrogen-bond acceptors (Lipinski definition) is 2. The van der Waals surface area contributed by atoms with Crippen LogP contribution in [0.15, 0.2) is 24.3 Å². The molecule has 0 aliphatic heterocycles. The van der Waals surface area contributed by atoms with Crippen molar-refractivity contribution in [2.45, 2.75) is 57.0 Å². The number of fused-ring (bicyclic) bond motifs is 1. The highest BCUT2D eigenvalue weighted by atomic mass is 15.2. The van der Waals surface area contributed by atoms with Gasteiger partial charge < -0.3 is 5.73 Å². The standard InChI is InChI=1S/C18H28N2/c1-14-7-3-6-10-17(14)20(2)18(13-19)11-15-8-4-5-9-16(15)12-18/h4-5,8-9,14,17H,3,6-7,10-13,19H2,1-2H3. The molecular weight excluding hydrogens is 244 g/mol. The smallest absolute Gasteiger partial charge is 0.0412 e. The van der Waals surface area contributed by atoms with Crippen molar-refractivity contribution < 1.29 is 0 Å². The first-order valence-electron chi connectivity index (χ1n) is 8.16. The Bertz CT molecular complexity index is 443. The van der Waals surface area contributed by atoms with Crippen LogP contribution in [0.25, 0.3) is 0 Å². The van der Waals surface area contributed by atoms with Gasteiger partial charge in [-0.25, -0.2) is 0 Å². The van der Waals surface area contributed by atoms with Crippen LogP contribution in [0.1, 0.15) is 43.7 Å². The zero-order chi connectivity index (χ0) is 14.2. The minimum absolute atomic E-state index is 0.153. The van der Waals surface area contributed by atoms with Gasteiger partial charge in [-0.3, -0.25) is 4.90 Å². The molecule has 0 bridgehead atoms. The molecule has 1 fully saturated rings. The normalized spacial score (nSPS) is 28.6. The molecule has 0 aromatic heterocycles. The van der Waals surface area contributed by atoms with E-state index >= 15 is 0 Å². The molecule has 1 aromatic rings. The maximum Gasteiger partial charge on any atom is 0.0412 e. The van der Waals surface area contributed by atoms with Crippen molar-refractivity contribution in [1.29, 1.82) is 0 Å². The Morgan fingerprint density at radius 3 is 2.30 bits per heavy atom. The van der Waals surface area contributed by atoms with Gasteiger partial charge >= 0.3 is 0 Å². The zero-order valence-electron chi connectivity index (χ0n) is 12.9. The van der Waals surface area contributed by atoms with E-state index in [-0.39, 0.29) is 5.54 Å². The molecule has 1 aromatic carbocycles. The summed E-state index contributed by atoms with van der Waals surface area (Å²) in [6, 6.07) is 9.60. The van der Waals surface area contributed by atoms with Crippen LogP contribution in [0.5, 0.6) is 0 Å². The van der Waals surface area contributed by atoms with Gasteiger partial charge in [0.2, 0.25) is 0 Å². The fourth-order valence-electron chi connectivity index (χ4n) is 4.44. The number of rotatable bonds is 3. The molecule has 0 amide bonds. The lowest BCUT2D eigenvalue weighted by atomic mass is 9.81. The molecule has 0 spiro atoms. The largest absolute Gasteiger partial charge is 0.329 e. The summed E-state index contributed by atoms with van der Waals surface area (Å²) in [6.45, 7) is 3.19. The molecule has 2 unspecified atom stereocenters. The highest BCUT2D eigenvalue weighted by Crippen LogP contribution is 2.38. The fourth-order valence-corrected chi connectivity index (χ4v) is 4.44. The summed E-state index contributed by atoms with van der Waals surface area (Å²) in [6.07, 6.45) is 7.76. The Labute approximate surface area is 123 Å². The Morgan fingerprint density at radius 2 is 1.75 bits per heavy atom. The highest BCUT2D eigenvalue weighted by molar-refractivity contribution is 5.36. The van der Waals surface area contributed by atoms with Crippen LogP contribution in [0.4, 0.5) is 0 Å². The summed E-state index contributed by atoms with van der Waals surface area (Å²) in [5, 5.41) is 0. The van der Waals surface area contributed by atoms with Gasteiger partial charge in [0, 0.05) is 18.1 Å². The number of nitrogens with zero attached hydrogens (tertiary/aromatic N) is 1. The van der Waals surface area contributed by atoms with Gasteiger partial charge in [0.1, 0.15) is 0 Å². The Morgan fingerprint density at radius 1 is 1.15 bits per heavy atom. The lowest BCUT2D eigenvalue weighted by Crippen LogP contribution is -2.58. The Kier molecular flexibility index (Phi) is 3.87. The molecule has 110 valence electrons. The van der Waals surface area contributed by atoms with Gasteiger partial charge in [0.25, 0.3) is 0 Å². The molecule has 2 aliphatic carbocycles. The number of nitrogens with two attached hydrogens (primary N) is 1. The maximum atomic E-state index is 6.26. The first kappa shape index (κ1) is 14.1. The Balaban J connectivity index is 1.83. The first-order valence-corrected chi connectivity index (χ1v) is 8.16. The van der Waals surface area contributed by atoms with Crippen LogP contribution in [0, 0.1) is 5.92 Å². The van der Waals surface area contributed by atoms with Crippen molar-refractivity contribution in [3.63, 3.8) is 0 Å². The van der Waals surface area contributed by atoms with Crippen LogP contribution >= 0.6 is 0 Å². The van der Waals surface area contributed by atoms with Gasteiger partial charge in [-0.05, 0) is 49.8 Å². The van der Waals surface area contributed by atoms with E-state index in [0.717, 1.165) is 25.3 Å². The molecule has 3 rings (SSSR count). The summed E-state index contributed by atoms with van der Waals surface area (Å²) >= 11 is 0. The second-order valence-corrected chi connectivity index (χ2v) is 6.99. The second kappa shape index (κ2) is 5.50. The van der Waals surface area contributed by atoms with Crippen molar-refractivity contribution in [2.24, 2.45) is 11.7 Å². The third kappa shape index (κ3) is 2.29. The number of benzene rings is 1. The minimum Gasteiger partial charge on any atom is -0.329 e. The van der Waals surface area contributed by atoms with Crippen molar-refractivity contribution in [3.05, 3.63) is 35.4 Å². The maximum absolute atomic E-state index is 6.26. The minimum atomic E-state index is 0.153. The van der Waals surface area contributed by atoms with Gasteiger partial charge in [0.15, 0.2) is 0 Å². The molecule has 0 radical (unpaired) electrons. The fraction of sp³-hybridized carbons (Fsp3) is 0.667. The monoisotopic (exact) mass is 272 g/mol. The van der Waals surface area contributed by atoms with Gasteiger partial charge in [-0.1, -0.05) is 44.0 Å². The summed E-state index contributed by atoms with van der Waals surface area (Å²) < 4.78 is 0. The van der Waals surface area contributed by atoms with Crippen LogP contribution in [0.3, 0.4) is 0 Å². The van der Waals surface area contributed by atoms with E-state index in [1.807, 2.05) is 0 Å². The molecule has 0 saturated heterocycles. The molecule has 2 N–H and O–H groups in total. The van der Waals surface area contributed by atoms with Gasteiger partial charge in [-0.2, -0.15) is 0 Å². The third-order valence-electron chi connectivity index (χ3n) is 5.85. The number of hydrogen-bond donors (Lipinski definition) is 1. The topological polar surface area (TPSA) is 29.3 Å². The molecule has 0 heterocycles. The van der Waals surface area contributed by atoms with E-state index in [1.165, 1.54) is 36.8 Å². The van der Waals surface area contributed by atoms with Crippen LogP contribution < -0.4 is 5.73 Å². The SMILES string of the molecule is CC1CCCCC1N(C)C1(CN)Cc2ccccc2C1. The van der Waals surface area contributed by atoms with Gasteiger partial charge in [-0.15, -0.1) is 0 Å². The Hall–Kier alpha value is -0.860. The van der Waals surface area contributed by atoms with E-state index in [1.54, 1.807) is 0 Å². The lowest BCUT2D eigenvalue weighted by Gasteiger charge is -2.47. The lowest BCUT2D eigenvalue weighted by molar-refractivity contribution is 0.0370. The number of likely N-dealkylation sites (N-methyl/N-ethyl adjacent to an activating group) is 1. The van der Waals surface area contributed by atoms with E-state index in [0.29, 0.717) is 6.04 Å². The third-order valence-corrected chi connectivity index (χ3v) is 5.85. The molecule has 2 aliphatic rings. The summed E-state index contributed by atoms with van der Waals surface area (Å²) in [4.78, 5) is 2.65. The molecule has 2 nitrogen and oxygen atoms in total. The predicted octanol–water partition coefficient (Wildman–Crippen LogP) is 2.99. The quantitative estimate of drug-likeness (QED) is 0.916. The molecule has 2 heteroatoms. The van der Waals surface area contributed by atoms with Crippen molar-refractivity contribution in [3.8, 4) is 0 Å². The highest BCUT2D eigenvalue weighted by Gasteiger charge is 2.43. The molecule has 2 atom stereocenters. The second-order valence-electron chi connectivity index (χ2n) is 6.99. The first-order chi connectivity index (χ1) is 9.66. The predicted molar refractivity (Wildman–Crippen MR) is 84.8 cm³/mol. The molecular formula is C18H28N2. The van der Waals surface area contributed by atoms with Crippen molar-refractivity contribution in [2.75, 3.05) is 13.6 Å².